The van der Waals surface area contributed by atoms with Crippen LogP contribution < -0.4 is 16.6 Å². The smallest absolute Gasteiger partial charge is 0.332 e. The standard InChI is InChI=1S/C50H71N5O32/c1-54-43(74)23-42(53-15-5-3-2-4-14(15)52-23)55(50(54)75)7-6-22(61)51-8-16-36-24(62)30(68)44(76-16)83-37-17(9-56)78-46(32(70)26(37)64)85-39-19(11-58)80-48(34(72)28(39)66)87-41-21(13-60)81-49(35(73)29(41)67)86-40-20(12-59)79-47(33(71)27(40)65)84-38-18(10-57)77-45(82-36)31(69)25(38)63/h2-5,16-21,24-41,44-49,56-60,62-73H,6-13H2,1H3,(H,51,61)/t16-,17-,18-,19-,20-,21-,24-,25-,26-,27-,28-,29-,30-,31-,32-,33-,34-,35-,36-,37-,38-,39-,40-,41-,44-,45-,46-,47-,48-,49-/m1/s1. The van der Waals surface area contributed by atoms with Crippen molar-refractivity contribution < 1.29 is 148 Å². The molecule has 37 heteroatoms. The monoisotopic (exact) mass is 1250 g/mol. The molecule has 87 heavy (non-hydrogen) atoms. The van der Waals surface area contributed by atoms with Crippen LogP contribution in [0.15, 0.2) is 33.9 Å². The van der Waals surface area contributed by atoms with Crippen molar-refractivity contribution in [3.8, 4) is 0 Å². The molecule has 0 unspecified atom stereocenters. The third-order valence-corrected chi connectivity index (χ3v) is 16.4. The molecule has 0 aliphatic carbocycles. The fraction of sp³-hybridized carbons (Fsp3) is 0.780. The number of nitrogens with zero attached hydrogens (tertiary/aromatic N) is 4. The van der Waals surface area contributed by atoms with Crippen molar-refractivity contribution in [1.29, 1.82) is 0 Å². The summed E-state index contributed by atoms with van der Waals surface area (Å²) in [7, 11) is 1.20. The normalized spacial score (nSPS) is 44.9. The van der Waals surface area contributed by atoms with Gasteiger partial charge in [-0.1, -0.05) is 12.1 Å². The van der Waals surface area contributed by atoms with Crippen molar-refractivity contribution in [1.82, 2.24) is 24.4 Å². The van der Waals surface area contributed by atoms with Crippen LogP contribution in [0.5, 0.6) is 0 Å². The molecule has 2 aromatic heterocycles. The van der Waals surface area contributed by atoms with Crippen LogP contribution in [0.3, 0.4) is 0 Å². The average molecular weight is 1250 g/mol. The highest BCUT2D eigenvalue weighted by Crippen LogP contribution is 2.38. The van der Waals surface area contributed by atoms with Crippen LogP contribution in [-0.2, 0) is 75.2 Å². The first kappa shape index (κ1) is 65.8. The lowest BCUT2D eigenvalue weighted by molar-refractivity contribution is -0.403. The lowest BCUT2D eigenvalue weighted by Crippen LogP contribution is -2.69. The van der Waals surface area contributed by atoms with Crippen LogP contribution in [0.1, 0.15) is 6.42 Å². The first-order valence-electron chi connectivity index (χ1n) is 27.7. The maximum absolute atomic E-state index is 13.8. The van der Waals surface area contributed by atoms with E-state index in [1.165, 1.54) is 7.05 Å². The molecule has 0 spiro atoms. The van der Waals surface area contributed by atoms with Gasteiger partial charge in [-0.3, -0.25) is 18.7 Å². The molecule has 30 atom stereocenters. The summed E-state index contributed by atoms with van der Waals surface area (Å²) in [6.07, 6.45) is -61.6. The summed E-state index contributed by atoms with van der Waals surface area (Å²) in [6, 6.07) is 6.51. The van der Waals surface area contributed by atoms with Crippen molar-refractivity contribution in [3.63, 3.8) is 0 Å². The third-order valence-electron chi connectivity index (χ3n) is 16.4. The quantitative estimate of drug-likeness (QED) is 0.0838. The number of hydrogen-bond donors (Lipinski definition) is 18. The molecule has 1 aromatic carbocycles. The molecule has 12 bridgehead atoms. The second kappa shape index (κ2) is 27.3. The van der Waals surface area contributed by atoms with Crippen LogP contribution in [0.4, 0.5) is 0 Å². The number of benzene rings is 1. The van der Waals surface area contributed by atoms with Gasteiger partial charge in [-0.15, -0.1) is 0 Å². The molecular weight excluding hydrogens is 1180 g/mol. The van der Waals surface area contributed by atoms with E-state index >= 15 is 0 Å². The van der Waals surface area contributed by atoms with Crippen molar-refractivity contribution in [3.05, 3.63) is 45.1 Å². The molecule has 22 aliphatic heterocycles. The molecule has 488 valence electrons. The fourth-order valence-electron chi connectivity index (χ4n) is 11.5. The average Bonchev–Trinajstić information content (AvgIpc) is 0.946. The van der Waals surface area contributed by atoms with Gasteiger partial charge in [0.25, 0.3) is 5.56 Å². The van der Waals surface area contributed by atoms with E-state index in [0.29, 0.717) is 11.0 Å². The van der Waals surface area contributed by atoms with Gasteiger partial charge in [0.2, 0.25) is 5.91 Å². The molecule has 22 saturated heterocycles. The minimum Gasteiger partial charge on any atom is -0.394 e. The second-order valence-electron chi connectivity index (χ2n) is 21.9. The molecule has 1 amide bonds. The summed E-state index contributed by atoms with van der Waals surface area (Å²) in [5.74, 6) is -0.838. The first-order valence-corrected chi connectivity index (χ1v) is 27.7. The molecular formula is C50H71N5O32. The van der Waals surface area contributed by atoms with Crippen molar-refractivity contribution in [2.75, 3.05) is 39.6 Å². The van der Waals surface area contributed by atoms with E-state index < -0.39 is 254 Å². The predicted molar refractivity (Wildman–Crippen MR) is 273 cm³/mol. The summed E-state index contributed by atoms with van der Waals surface area (Å²) < 4.78 is 71.5. The Morgan fingerprint density at radius 1 is 0.437 bits per heavy atom. The van der Waals surface area contributed by atoms with Gasteiger partial charge in [-0.2, -0.15) is 0 Å². The van der Waals surface area contributed by atoms with Crippen LogP contribution >= 0.6 is 0 Å². The highest BCUT2D eigenvalue weighted by molar-refractivity contribution is 5.84. The van der Waals surface area contributed by atoms with Crippen LogP contribution in [-0.4, -0.2) is 336 Å². The van der Waals surface area contributed by atoms with Crippen LogP contribution in [0.25, 0.3) is 22.2 Å². The lowest BCUT2D eigenvalue weighted by Gasteiger charge is -2.50. The number of rotatable bonds is 10. The molecule has 3 aromatic rings. The Kier molecular flexibility index (Phi) is 20.7. The highest BCUT2D eigenvalue weighted by atomic mass is 16.8. The summed E-state index contributed by atoms with van der Waals surface area (Å²) in [6.45, 7) is -6.41. The Hall–Kier alpha value is -4.19. The fourth-order valence-corrected chi connectivity index (χ4v) is 11.5. The van der Waals surface area contributed by atoms with Gasteiger partial charge in [-0.05, 0) is 12.1 Å². The molecule has 0 radical (unpaired) electrons. The molecule has 37 nitrogen and oxygen atoms in total. The Bertz CT molecular complexity index is 2940. The number of aryl methyl sites for hydroxylation is 1. The van der Waals surface area contributed by atoms with Crippen LogP contribution in [0.2, 0.25) is 0 Å². The number of fused-ring (bicyclic) bond motifs is 2. The van der Waals surface area contributed by atoms with Crippen molar-refractivity contribution in [2.45, 2.75) is 197 Å². The van der Waals surface area contributed by atoms with Crippen LogP contribution in [0, 0.1) is 0 Å². The summed E-state index contributed by atoms with van der Waals surface area (Å²) in [5.41, 5.74) is -1.28. The van der Waals surface area contributed by atoms with E-state index in [4.69, 9.17) is 56.8 Å². The van der Waals surface area contributed by atoms with E-state index in [1.54, 1.807) is 24.3 Å². The van der Waals surface area contributed by atoms with Gasteiger partial charge in [0.15, 0.2) is 48.9 Å². The van der Waals surface area contributed by atoms with Gasteiger partial charge < -0.3 is 149 Å². The number of para-hydroxylation sites is 2. The molecule has 0 saturated carbocycles. The highest BCUT2D eigenvalue weighted by Gasteiger charge is 2.59. The Morgan fingerprint density at radius 2 is 0.724 bits per heavy atom. The number of aliphatic hydroxyl groups excluding tert-OH is 17. The topological polar surface area (TPSA) is 554 Å². The van der Waals surface area contributed by atoms with E-state index in [-0.39, 0.29) is 11.2 Å². The number of amides is 1. The predicted octanol–water partition coefficient (Wildman–Crippen LogP) is -12.9. The first-order chi connectivity index (χ1) is 41.5. The molecule has 22 fully saturated rings. The maximum atomic E-state index is 13.8. The summed E-state index contributed by atoms with van der Waals surface area (Å²) in [5, 5.41) is 193. The van der Waals surface area contributed by atoms with Gasteiger partial charge in [-0.25, -0.2) is 14.8 Å². The Balaban J connectivity index is 0.943. The zero-order valence-electron chi connectivity index (χ0n) is 45.8. The summed E-state index contributed by atoms with van der Waals surface area (Å²) in [4.78, 5) is 49.2. The van der Waals surface area contributed by atoms with Gasteiger partial charge >= 0.3 is 5.69 Å². The molecule has 25 rings (SSSR count). The minimum atomic E-state index is -2.28. The van der Waals surface area contributed by atoms with Gasteiger partial charge in [0, 0.05) is 26.6 Å². The van der Waals surface area contributed by atoms with Crippen molar-refractivity contribution >= 4 is 28.1 Å². The number of carbonyl (C=O) groups excluding carboxylic acids is 1. The molecule has 24 heterocycles. The second-order valence-corrected chi connectivity index (χ2v) is 21.9. The van der Waals surface area contributed by atoms with E-state index in [1.807, 2.05) is 0 Å². The minimum absolute atomic E-state index is 0.143. The maximum Gasteiger partial charge on any atom is 0.332 e. The number of ether oxygens (including phenoxy) is 12. The van der Waals surface area contributed by atoms with E-state index in [0.717, 1.165) is 9.13 Å². The summed E-state index contributed by atoms with van der Waals surface area (Å²) >= 11 is 0. The number of aliphatic hydroxyl groups is 17. The van der Waals surface area contributed by atoms with Gasteiger partial charge in [0.1, 0.15) is 146 Å². The largest absolute Gasteiger partial charge is 0.394 e. The Labute approximate surface area is 489 Å². The number of aromatic nitrogens is 4. The SMILES string of the molecule is Cn1c(=O)c2nc3ccccc3nc2n(CCC(=O)NC[C@H]2O[C@@H]3O[C@H]4[C@H](O)[C@@H](O)[C@@H](O[C@H]5[C@H](O)[C@@H](O)[C@@H](O[C@H]6[C@H](O)[C@@H](O)[C@@H](O[C@H]7[C@H](O)[C@@H](O)[C@@H](O[C@H]8[C@H](O)[C@@H](O)[C@@H](O[C@H]2[C@H](O)[C@H]3O)O[C@@H]8CO)O[C@@H]7CO)O[C@@H]6CO)O[C@@H]5CO)O[C@@H]4CO)c1=O. The van der Waals surface area contributed by atoms with Crippen molar-refractivity contribution in [2.24, 2.45) is 7.05 Å². The van der Waals surface area contributed by atoms with Gasteiger partial charge in [0.05, 0.1) is 44.1 Å². The third kappa shape index (κ3) is 12.7. The number of carbonyl (C=O) groups is 1. The molecule has 18 N–H and O–H groups in total. The molecule has 22 aliphatic rings. The lowest BCUT2D eigenvalue weighted by atomic mass is 9.94. The number of hydrogen-bond acceptors (Lipinski definition) is 34. The van der Waals surface area contributed by atoms with E-state index in [9.17, 15) is 101 Å². The Morgan fingerprint density at radius 3 is 1.03 bits per heavy atom. The number of nitrogens with one attached hydrogen (secondary N) is 1. The zero-order chi connectivity index (χ0) is 62.6. The zero-order valence-corrected chi connectivity index (χ0v) is 45.8. The van der Waals surface area contributed by atoms with E-state index in [2.05, 4.69) is 15.3 Å².